The molecule has 5 nitrogen and oxygen atoms in total. The van der Waals surface area contributed by atoms with Crippen molar-refractivity contribution in [2.45, 2.75) is 19.1 Å². The summed E-state index contributed by atoms with van der Waals surface area (Å²) < 4.78 is 40.2. The number of para-hydroxylation sites is 1. The highest BCUT2D eigenvalue weighted by atomic mass is 35.5. The predicted molar refractivity (Wildman–Crippen MR) is 107 cm³/mol. The van der Waals surface area contributed by atoms with Gasteiger partial charge >= 0.3 is 6.18 Å². The van der Waals surface area contributed by atoms with Gasteiger partial charge < -0.3 is 15.7 Å². The summed E-state index contributed by atoms with van der Waals surface area (Å²) >= 11 is 6.03. The molecular weight excluding hydrogens is 405 g/mol. The molecule has 0 amide bonds. The molecule has 1 aromatic heterocycles. The van der Waals surface area contributed by atoms with Gasteiger partial charge in [0.15, 0.2) is 0 Å². The molecule has 0 bridgehead atoms. The lowest BCUT2D eigenvalue weighted by molar-refractivity contribution is -0.136. The summed E-state index contributed by atoms with van der Waals surface area (Å²) in [5.74, 6) is 0.293. The number of anilines is 3. The minimum atomic E-state index is -4.59. The Hall–Kier alpha value is -2.84. The maximum atomic E-state index is 13.4. The molecule has 3 rings (SSSR count). The molecule has 2 aromatic carbocycles. The Morgan fingerprint density at radius 1 is 1.07 bits per heavy atom. The molecule has 0 aliphatic carbocycles. The molecule has 3 aromatic rings. The second-order valence-corrected chi connectivity index (χ2v) is 6.75. The zero-order chi connectivity index (χ0) is 21.0. The van der Waals surface area contributed by atoms with Crippen LogP contribution in [0.15, 0.2) is 54.6 Å². The molecule has 9 heteroatoms. The van der Waals surface area contributed by atoms with E-state index in [2.05, 4.69) is 20.6 Å². The second-order valence-electron chi connectivity index (χ2n) is 6.34. The van der Waals surface area contributed by atoms with E-state index in [-0.39, 0.29) is 35.1 Å². The van der Waals surface area contributed by atoms with Gasteiger partial charge in [0.05, 0.1) is 28.6 Å². The normalized spacial score (nSPS) is 12.5. The molecule has 0 unspecified atom stereocenters. The highest BCUT2D eigenvalue weighted by Crippen LogP contribution is 2.40. The van der Waals surface area contributed by atoms with E-state index in [1.807, 2.05) is 30.3 Å². The van der Waals surface area contributed by atoms with Crippen molar-refractivity contribution in [1.82, 2.24) is 9.97 Å². The highest BCUT2D eigenvalue weighted by molar-refractivity contribution is 6.33. The number of rotatable bonds is 6. The van der Waals surface area contributed by atoms with E-state index in [1.165, 1.54) is 18.2 Å². The molecule has 0 aliphatic heterocycles. The first-order valence-electron chi connectivity index (χ1n) is 8.72. The van der Waals surface area contributed by atoms with Gasteiger partial charge in [0, 0.05) is 17.7 Å². The molecule has 0 spiro atoms. The summed E-state index contributed by atoms with van der Waals surface area (Å²) in [6.45, 7) is 1.56. The smallest absolute Gasteiger partial charge is 0.394 e. The number of aromatic nitrogens is 2. The maximum Gasteiger partial charge on any atom is 0.418 e. The standard InChI is InChI=1S/C20H18ClF3N4O/c1-12(11-29)25-19-26-16(13-6-3-2-4-7-13)10-17(28-19)27-18-14(20(22,23)24)8-5-9-15(18)21/h2-10,12,29H,11H2,1H3,(H2,25,26,27,28)/t12-/m0/s1. The van der Waals surface area contributed by atoms with Crippen molar-refractivity contribution in [2.24, 2.45) is 0 Å². The zero-order valence-corrected chi connectivity index (χ0v) is 16.1. The SMILES string of the molecule is C[C@@H](CO)Nc1nc(Nc2c(Cl)cccc2C(F)(F)F)cc(-c2ccccc2)n1. The number of hydrogen-bond donors (Lipinski definition) is 3. The van der Waals surface area contributed by atoms with Gasteiger partial charge in [-0.2, -0.15) is 18.2 Å². The van der Waals surface area contributed by atoms with Crippen molar-refractivity contribution in [3.8, 4) is 11.3 Å². The van der Waals surface area contributed by atoms with E-state index in [9.17, 15) is 18.3 Å². The Morgan fingerprint density at radius 3 is 2.45 bits per heavy atom. The maximum absolute atomic E-state index is 13.4. The van der Waals surface area contributed by atoms with E-state index in [0.29, 0.717) is 5.69 Å². The second kappa shape index (κ2) is 8.67. The summed E-state index contributed by atoms with van der Waals surface area (Å²) in [6, 6.07) is 13.9. The lowest BCUT2D eigenvalue weighted by atomic mass is 10.1. The molecule has 0 saturated heterocycles. The lowest BCUT2D eigenvalue weighted by Gasteiger charge is -2.17. The quantitative estimate of drug-likeness (QED) is 0.499. The van der Waals surface area contributed by atoms with Crippen LogP contribution in [0.2, 0.25) is 5.02 Å². The van der Waals surface area contributed by atoms with E-state index < -0.39 is 11.7 Å². The number of nitrogens with zero attached hydrogens (tertiary/aromatic N) is 2. The lowest BCUT2D eigenvalue weighted by Crippen LogP contribution is -2.21. The summed E-state index contributed by atoms with van der Waals surface area (Å²) in [5.41, 5.74) is 0.0628. The van der Waals surface area contributed by atoms with Gasteiger partial charge in [-0.3, -0.25) is 0 Å². The third-order valence-corrected chi connectivity index (χ3v) is 4.33. The van der Waals surface area contributed by atoms with Crippen molar-refractivity contribution < 1.29 is 18.3 Å². The van der Waals surface area contributed by atoms with Gasteiger partial charge in [-0.1, -0.05) is 48.0 Å². The molecule has 1 heterocycles. The fourth-order valence-electron chi connectivity index (χ4n) is 2.61. The van der Waals surface area contributed by atoms with Crippen molar-refractivity contribution in [3.63, 3.8) is 0 Å². The molecule has 0 saturated carbocycles. The van der Waals surface area contributed by atoms with Gasteiger partial charge in [-0.15, -0.1) is 0 Å². The minimum absolute atomic E-state index is 0.0852. The van der Waals surface area contributed by atoms with Crippen LogP contribution in [0, 0.1) is 0 Å². The number of alkyl halides is 3. The van der Waals surface area contributed by atoms with Crippen molar-refractivity contribution in [2.75, 3.05) is 17.2 Å². The Morgan fingerprint density at radius 2 is 1.79 bits per heavy atom. The van der Waals surface area contributed by atoms with Crippen LogP contribution in [0.1, 0.15) is 12.5 Å². The summed E-state index contributed by atoms with van der Waals surface area (Å²) in [7, 11) is 0. The van der Waals surface area contributed by atoms with Crippen LogP contribution in [0.25, 0.3) is 11.3 Å². The largest absolute Gasteiger partial charge is 0.418 e. The molecule has 3 N–H and O–H groups in total. The number of aliphatic hydroxyl groups excluding tert-OH is 1. The third kappa shape index (κ3) is 5.16. The fourth-order valence-corrected chi connectivity index (χ4v) is 2.84. The third-order valence-electron chi connectivity index (χ3n) is 4.02. The van der Waals surface area contributed by atoms with Gasteiger partial charge in [0.1, 0.15) is 5.82 Å². The number of nitrogens with one attached hydrogen (secondary N) is 2. The zero-order valence-electron chi connectivity index (χ0n) is 15.3. The van der Waals surface area contributed by atoms with Crippen molar-refractivity contribution in [3.05, 3.63) is 65.2 Å². The van der Waals surface area contributed by atoms with Gasteiger partial charge in [-0.05, 0) is 19.1 Å². The van der Waals surface area contributed by atoms with Crippen LogP contribution in [0.3, 0.4) is 0 Å². The van der Waals surface area contributed by atoms with Crippen LogP contribution < -0.4 is 10.6 Å². The van der Waals surface area contributed by atoms with Crippen LogP contribution in [-0.2, 0) is 6.18 Å². The van der Waals surface area contributed by atoms with E-state index in [4.69, 9.17) is 11.6 Å². The number of aliphatic hydroxyl groups is 1. The molecule has 1 atom stereocenters. The van der Waals surface area contributed by atoms with Crippen LogP contribution in [-0.4, -0.2) is 27.7 Å². The first-order chi connectivity index (χ1) is 13.8. The van der Waals surface area contributed by atoms with E-state index in [0.717, 1.165) is 11.6 Å². The monoisotopic (exact) mass is 422 g/mol. The highest BCUT2D eigenvalue weighted by Gasteiger charge is 2.34. The van der Waals surface area contributed by atoms with E-state index >= 15 is 0 Å². The van der Waals surface area contributed by atoms with Gasteiger partial charge in [0.2, 0.25) is 5.95 Å². The van der Waals surface area contributed by atoms with Gasteiger partial charge in [0.25, 0.3) is 0 Å². The van der Waals surface area contributed by atoms with Crippen LogP contribution in [0.4, 0.5) is 30.6 Å². The molecule has 0 radical (unpaired) electrons. The Labute approximate surface area is 170 Å². The average molecular weight is 423 g/mol. The number of hydrogen-bond acceptors (Lipinski definition) is 5. The summed E-state index contributed by atoms with van der Waals surface area (Å²) in [5, 5.41) is 14.8. The average Bonchev–Trinajstić information content (AvgIpc) is 2.69. The van der Waals surface area contributed by atoms with Crippen molar-refractivity contribution in [1.29, 1.82) is 0 Å². The fraction of sp³-hybridized carbons (Fsp3) is 0.200. The summed E-state index contributed by atoms with van der Waals surface area (Å²) in [6.07, 6.45) is -4.59. The molecule has 152 valence electrons. The predicted octanol–water partition coefficient (Wildman–Crippen LogP) is 5.35. The Bertz CT molecular complexity index is 983. The van der Waals surface area contributed by atoms with E-state index in [1.54, 1.807) is 6.92 Å². The Kier molecular flexibility index (Phi) is 6.24. The van der Waals surface area contributed by atoms with Crippen LogP contribution >= 0.6 is 11.6 Å². The molecule has 0 aliphatic rings. The molecule has 0 fully saturated rings. The first kappa shape index (κ1) is 20.9. The topological polar surface area (TPSA) is 70.1 Å². The molecular formula is C20H18ClF3N4O. The first-order valence-corrected chi connectivity index (χ1v) is 9.10. The summed E-state index contributed by atoms with van der Waals surface area (Å²) in [4.78, 5) is 8.63. The molecule has 29 heavy (non-hydrogen) atoms. The number of halogens is 4. The van der Waals surface area contributed by atoms with Crippen molar-refractivity contribution >= 4 is 29.1 Å². The number of benzene rings is 2. The van der Waals surface area contributed by atoms with Gasteiger partial charge in [-0.25, -0.2) is 4.98 Å². The Balaban J connectivity index is 2.07. The minimum Gasteiger partial charge on any atom is -0.394 e. The van der Waals surface area contributed by atoms with Crippen LogP contribution in [0.5, 0.6) is 0 Å².